The minimum atomic E-state index is -0.706. The molecule has 4 rings (SSSR count). The van der Waals surface area contributed by atoms with Crippen molar-refractivity contribution >= 4 is 30.4 Å². The lowest BCUT2D eigenvalue weighted by molar-refractivity contribution is -0.592. The van der Waals surface area contributed by atoms with Crippen molar-refractivity contribution < 1.29 is 13.5 Å². The molecule has 7 heteroatoms. The first-order valence-corrected chi connectivity index (χ1v) is 9.98. The van der Waals surface area contributed by atoms with Crippen LogP contribution >= 0.6 is 11.8 Å². The number of halogens is 1. The Morgan fingerprint density at radius 2 is 2.00 bits per heavy atom. The molecule has 0 aromatic heterocycles. The molecular formula is C21H24ClN4O2+. The molecule has 28 heavy (non-hydrogen) atoms. The summed E-state index contributed by atoms with van der Waals surface area (Å²) in [4.78, 5) is 20.3. The number of aliphatic imine (C=N–C) groups is 2. The zero-order chi connectivity index (χ0) is 19.6. The van der Waals surface area contributed by atoms with E-state index < -0.39 is 6.09 Å². The van der Waals surface area contributed by atoms with E-state index >= 15 is 0 Å². The maximum Gasteiger partial charge on any atom is 0.404 e. The molecule has 2 atom stereocenters. The van der Waals surface area contributed by atoms with Crippen LogP contribution in [0.25, 0.3) is 0 Å². The fourth-order valence-electron chi connectivity index (χ4n) is 4.35. The molecule has 1 saturated carbocycles. The average molecular weight is 400 g/mol. The fraction of sp³-hybridized carbons (Fsp3) is 0.381. The first-order valence-electron chi connectivity index (χ1n) is 9.64. The number of hydrogen-bond donors (Lipinski definition) is 1. The predicted octanol–water partition coefficient (Wildman–Crippen LogP) is 4.28. The van der Waals surface area contributed by atoms with E-state index in [2.05, 4.69) is 22.1 Å². The number of rotatable bonds is 5. The van der Waals surface area contributed by atoms with Crippen molar-refractivity contribution in [2.24, 2.45) is 27.6 Å². The van der Waals surface area contributed by atoms with E-state index in [1.165, 1.54) is 0 Å². The molecule has 146 valence electrons. The number of carbonyl (C=O) groups is 1. The number of benzene rings is 1. The van der Waals surface area contributed by atoms with E-state index in [1.807, 2.05) is 24.4 Å². The smallest absolute Gasteiger partial charge is 0.404 e. The number of primary amides is 1. The lowest BCUT2D eigenvalue weighted by atomic mass is 9.76. The summed E-state index contributed by atoms with van der Waals surface area (Å²) in [5, 5.41) is 0. The lowest BCUT2D eigenvalue weighted by Gasteiger charge is -2.33. The van der Waals surface area contributed by atoms with Crippen LogP contribution in [0.5, 0.6) is 0 Å². The van der Waals surface area contributed by atoms with Crippen LogP contribution < -0.4 is 5.73 Å². The summed E-state index contributed by atoms with van der Waals surface area (Å²) in [5.74, 6) is 0.625. The molecule has 2 aliphatic heterocycles. The van der Waals surface area contributed by atoms with Gasteiger partial charge < -0.3 is 10.5 Å². The number of nitrogens with zero attached hydrogens (tertiary/aromatic N) is 3. The molecule has 0 radical (unpaired) electrons. The summed E-state index contributed by atoms with van der Waals surface area (Å²) < 4.78 is 5.57. The zero-order valence-electron chi connectivity index (χ0n) is 15.6. The normalized spacial score (nSPS) is 29.6. The number of amides is 1. The van der Waals surface area contributed by atoms with E-state index in [-0.39, 0.29) is 16.0 Å². The SMILES string of the molecule is NC(=O)OC(Cc1ccccc1)C1CCC(C2=C3C=NC=C[N+]3(Cl)C=N2)CC1. The van der Waals surface area contributed by atoms with Crippen LogP contribution in [0.2, 0.25) is 0 Å². The number of hydrogen-bond acceptors (Lipinski definition) is 4. The van der Waals surface area contributed by atoms with Gasteiger partial charge in [-0.3, -0.25) is 4.99 Å². The predicted molar refractivity (Wildman–Crippen MR) is 109 cm³/mol. The lowest BCUT2D eigenvalue weighted by Crippen LogP contribution is -2.34. The van der Waals surface area contributed by atoms with Gasteiger partial charge in [0.1, 0.15) is 18.0 Å². The third-order valence-corrected chi connectivity index (χ3v) is 6.18. The van der Waals surface area contributed by atoms with E-state index in [0.29, 0.717) is 12.3 Å². The van der Waals surface area contributed by atoms with Gasteiger partial charge in [0, 0.05) is 12.3 Å². The van der Waals surface area contributed by atoms with Crippen molar-refractivity contribution in [3.05, 3.63) is 59.7 Å². The van der Waals surface area contributed by atoms with Crippen LogP contribution in [0, 0.1) is 11.8 Å². The molecular weight excluding hydrogens is 376 g/mol. The van der Waals surface area contributed by atoms with E-state index in [4.69, 9.17) is 22.2 Å². The summed E-state index contributed by atoms with van der Waals surface area (Å²) in [6, 6.07) is 10.1. The van der Waals surface area contributed by atoms with Crippen LogP contribution in [0.15, 0.2) is 64.1 Å². The third-order valence-electron chi connectivity index (χ3n) is 5.79. The van der Waals surface area contributed by atoms with Crippen LogP contribution in [0.3, 0.4) is 0 Å². The number of carbonyl (C=O) groups excluding carboxylic acids is 1. The Labute approximate surface area is 169 Å². The summed E-state index contributed by atoms with van der Waals surface area (Å²) in [5.41, 5.74) is 8.45. The van der Waals surface area contributed by atoms with Gasteiger partial charge in [0.05, 0.1) is 12.4 Å². The standard InChI is InChI=1S/C21H23ClN4O2/c22-26-11-10-24-13-18(26)20(25-14-26)17-8-6-16(7-9-17)19(28-21(23)27)12-15-4-2-1-3-5-15/h1-5,10-11,13-14,16-17,19H,6-9,12H2,(H-,23,27)/p+1. The third kappa shape index (κ3) is 3.88. The Balaban J connectivity index is 1.44. The highest BCUT2D eigenvalue weighted by atomic mass is 35.5. The maximum absolute atomic E-state index is 11.4. The highest BCUT2D eigenvalue weighted by Gasteiger charge is 2.41. The Morgan fingerprint density at radius 1 is 1.25 bits per heavy atom. The second-order valence-electron chi connectivity index (χ2n) is 7.56. The van der Waals surface area contributed by atoms with Gasteiger partial charge in [-0.25, -0.2) is 4.79 Å². The minimum Gasteiger partial charge on any atom is -0.446 e. The molecule has 0 bridgehead atoms. The van der Waals surface area contributed by atoms with Crippen LogP contribution in [-0.4, -0.2) is 28.8 Å². The van der Waals surface area contributed by atoms with Gasteiger partial charge in [0.15, 0.2) is 11.8 Å². The van der Waals surface area contributed by atoms with Gasteiger partial charge in [-0.05, 0) is 37.2 Å². The monoisotopic (exact) mass is 399 g/mol. The second-order valence-corrected chi connectivity index (χ2v) is 8.11. The summed E-state index contributed by atoms with van der Waals surface area (Å²) in [6.07, 6.45) is 10.7. The highest BCUT2D eigenvalue weighted by molar-refractivity contribution is 6.14. The summed E-state index contributed by atoms with van der Waals surface area (Å²) in [6.45, 7) is 0. The van der Waals surface area contributed by atoms with E-state index in [0.717, 1.165) is 42.6 Å². The summed E-state index contributed by atoms with van der Waals surface area (Å²) in [7, 11) is 0. The Kier molecular flexibility index (Phi) is 5.33. The Bertz CT molecular complexity index is 856. The van der Waals surface area contributed by atoms with Crippen molar-refractivity contribution in [3.8, 4) is 0 Å². The van der Waals surface area contributed by atoms with Crippen molar-refractivity contribution in [2.45, 2.75) is 38.2 Å². The quantitative estimate of drug-likeness (QED) is 0.750. The van der Waals surface area contributed by atoms with Crippen molar-refractivity contribution in [1.82, 2.24) is 0 Å². The Morgan fingerprint density at radius 3 is 2.71 bits per heavy atom. The zero-order valence-corrected chi connectivity index (χ0v) is 16.3. The van der Waals surface area contributed by atoms with E-state index in [1.54, 1.807) is 18.8 Å². The molecule has 1 aromatic carbocycles. The molecule has 2 N–H and O–H groups in total. The summed E-state index contributed by atoms with van der Waals surface area (Å²) >= 11 is 6.59. The van der Waals surface area contributed by atoms with E-state index in [9.17, 15) is 4.79 Å². The van der Waals surface area contributed by atoms with Gasteiger partial charge >= 0.3 is 6.09 Å². The van der Waals surface area contributed by atoms with Gasteiger partial charge in [-0.2, -0.15) is 4.99 Å². The van der Waals surface area contributed by atoms with Gasteiger partial charge in [-0.15, -0.1) is 4.00 Å². The fourth-order valence-corrected chi connectivity index (χ4v) is 4.58. The molecule has 1 fully saturated rings. The number of fused-ring (bicyclic) bond motifs is 1. The van der Waals surface area contributed by atoms with Crippen molar-refractivity contribution in [1.29, 1.82) is 0 Å². The number of nitrogens with two attached hydrogens (primary N) is 1. The minimum absolute atomic E-state index is 0.0696. The molecule has 6 nitrogen and oxygen atoms in total. The van der Waals surface area contributed by atoms with Crippen molar-refractivity contribution in [3.63, 3.8) is 0 Å². The molecule has 3 aliphatic rings. The molecule has 0 spiro atoms. The molecule has 1 aromatic rings. The topological polar surface area (TPSA) is 77.0 Å². The van der Waals surface area contributed by atoms with Crippen LogP contribution in [-0.2, 0) is 11.2 Å². The average Bonchev–Trinajstić information content (AvgIpc) is 3.05. The maximum atomic E-state index is 11.4. The number of quaternary nitrogens is 1. The molecule has 1 aliphatic carbocycles. The molecule has 2 heterocycles. The second kappa shape index (κ2) is 7.89. The van der Waals surface area contributed by atoms with Crippen molar-refractivity contribution in [2.75, 3.05) is 0 Å². The molecule has 2 unspecified atom stereocenters. The molecule has 1 amide bonds. The Hall–Kier alpha value is -2.44. The van der Waals surface area contributed by atoms with Gasteiger partial charge in [0.25, 0.3) is 0 Å². The first kappa shape index (κ1) is 18.9. The van der Waals surface area contributed by atoms with Gasteiger partial charge in [0.2, 0.25) is 12.0 Å². The molecule has 0 saturated heterocycles. The first-order chi connectivity index (χ1) is 13.5. The number of ether oxygens (including phenoxy) is 1. The van der Waals surface area contributed by atoms with Gasteiger partial charge in [-0.1, -0.05) is 30.3 Å². The van der Waals surface area contributed by atoms with Crippen LogP contribution in [0.4, 0.5) is 4.79 Å². The highest BCUT2D eigenvalue weighted by Crippen LogP contribution is 2.42. The largest absolute Gasteiger partial charge is 0.446 e. The number of allylic oxidation sites excluding steroid dienone is 2. The van der Waals surface area contributed by atoms with Crippen LogP contribution in [0.1, 0.15) is 31.2 Å².